The Morgan fingerprint density at radius 3 is 2.94 bits per heavy atom. The second kappa shape index (κ2) is 4.69. The highest BCUT2D eigenvalue weighted by molar-refractivity contribution is 5.74. The lowest BCUT2D eigenvalue weighted by atomic mass is 10.1. The Balaban J connectivity index is 2.27. The highest BCUT2D eigenvalue weighted by Gasteiger charge is 2.29. The number of amides is 1. The first kappa shape index (κ1) is 11.8. The van der Waals surface area contributed by atoms with Crippen molar-refractivity contribution >= 4 is 11.9 Å². The van der Waals surface area contributed by atoms with Crippen molar-refractivity contribution in [2.45, 2.75) is 25.8 Å². The zero-order chi connectivity index (χ0) is 12.4. The molecule has 1 aliphatic rings. The SMILES string of the molecule is CC(=O)N1CCC[C@@H]1c1ccnc(N(C)C)n1. The third-order valence-electron chi connectivity index (χ3n) is 3.06. The fraction of sp³-hybridized carbons (Fsp3) is 0.583. The molecule has 1 atom stereocenters. The number of rotatable bonds is 2. The van der Waals surface area contributed by atoms with Gasteiger partial charge in [-0.15, -0.1) is 0 Å². The lowest BCUT2D eigenvalue weighted by Crippen LogP contribution is -2.29. The van der Waals surface area contributed by atoms with E-state index < -0.39 is 0 Å². The molecular formula is C12H18N4O. The summed E-state index contributed by atoms with van der Waals surface area (Å²) in [6.07, 6.45) is 3.79. The Morgan fingerprint density at radius 1 is 1.53 bits per heavy atom. The molecule has 0 radical (unpaired) electrons. The molecule has 1 fully saturated rings. The largest absolute Gasteiger partial charge is 0.347 e. The number of likely N-dealkylation sites (tertiary alicyclic amines) is 1. The van der Waals surface area contributed by atoms with Crippen LogP contribution in [0.2, 0.25) is 0 Å². The van der Waals surface area contributed by atoms with E-state index in [-0.39, 0.29) is 11.9 Å². The molecule has 1 saturated heterocycles. The van der Waals surface area contributed by atoms with E-state index in [9.17, 15) is 4.79 Å². The van der Waals surface area contributed by atoms with Gasteiger partial charge in [0, 0.05) is 33.8 Å². The Kier molecular flexibility index (Phi) is 3.26. The van der Waals surface area contributed by atoms with Crippen molar-refractivity contribution in [1.29, 1.82) is 0 Å². The lowest BCUT2D eigenvalue weighted by molar-refractivity contribution is -0.129. The van der Waals surface area contributed by atoms with Crippen LogP contribution in [-0.4, -0.2) is 41.4 Å². The maximum absolute atomic E-state index is 11.5. The summed E-state index contributed by atoms with van der Waals surface area (Å²) >= 11 is 0. The molecule has 1 aliphatic heterocycles. The van der Waals surface area contributed by atoms with Gasteiger partial charge in [0.25, 0.3) is 0 Å². The van der Waals surface area contributed by atoms with E-state index >= 15 is 0 Å². The molecule has 2 heterocycles. The molecule has 0 N–H and O–H groups in total. The van der Waals surface area contributed by atoms with Gasteiger partial charge >= 0.3 is 0 Å². The van der Waals surface area contributed by atoms with Crippen LogP contribution in [0.4, 0.5) is 5.95 Å². The van der Waals surface area contributed by atoms with Gasteiger partial charge in [-0.05, 0) is 18.9 Å². The van der Waals surface area contributed by atoms with Gasteiger partial charge in [0.2, 0.25) is 11.9 Å². The number of carbonyl (C=O) groups is 1. The van der Waals surface area contributed by atoms with E-state index in [1.807, 2.05) is 30.0 Å². The second-order valence-electron chi connectivity index (χ2n) is 4.55. The summed E-state index contributed by atoms with van der Waals surface area (Å²) in [4.78, 5) is 24.0. The predicted octanol–water partition coefficient (Wildman–Crippen LogP) is 1.23. The summed E-state index contributed by atoms with van der Waals surface area (Å²) in [6, 6.07) is 2.02. The molecule has 0 aromatic carbocycles. The summed E-state index contributed by atoms with van der Waals surface area (Å²) < 4.78 is 0. The topological polar surface area (TPSA) is 49.3 Å². The van der Waals surface area contributed by atoms with Gasteiger partial charge in [-0.25, -0.2) is 9.97 Å². The van der Waals surface area contributed by atoms with Crippen molar-refractivity contribution in [1.82, 2.24) is 14.9 Å². The molecule has 1 aromatic heterocycles. The van der Waals surface area contributed by atoms with Gasteiger partial charge < -0.3 is 9.80 Å². The lowest BCUT2D eigenvalue weighted by Gasteiger charge is -2.23. The van der Waals surface area contributed by atoms with Gasteiger partial charge in [0.1, 0.15) is 0 Å². The molecule has 2 rings (SSSR count). The Labute approximate surface area is 101 Å². The molecule has 5 nitrogen and oxygen atoms in total. The number of hydrogen-bond acceptors (Lipinski definition) is 4. The first-order chi connectivity index (χ1) is 8.09. The van der Waals surface area contributed by atoms with Gasteiger partial charge in [0.15, 0.2) is 0 Å². The number of aromatic nitrogens is 2. The van der Waals surface area contributed by atoms with Crippen LogP contribution < -0.4 is 4.90 Å². The molecule has 1 aromatic rings. The minimum Gasteiger partial charge on any atom is -0.347 e. The average molecular weight is 234 g/mol. The molecule has 0 aliphatic carbocycles. The van der Waals surface area contributed by atoms with Crippen LogP contribution in [-0.2, 0) is 4.79 Å². The quantitative estimate of drug-likeness (QED) is 0.772. The van der Waals surface area contributed by atoms with Crippen LogP contribution in [0.3, 0.4) is 0 Å². The Hall–Kier alpha value is -1.65. The van der Waals surface area contributed by atoms with Gasteiger partial charge in [0.05, 0.1) is 11.7 Å². The second-order valence-corrected chi connectivity index (χ2v) is 4.55. The fourth-order valence-electron chi connectivity index (χ4n) is 2.21. The van der Waals surface area contributed by atoms with Crippen molar-refractivity contribution in [2.75, 3.05) is 25.5 Å². The molecule has 0 saturated carbocycles. The van der Waals surface area contributed by atoms with Crippen LogP contribution >= 0.6 is 0 Å². The number of hydrogen-bond donors (Lipinski definition) is 0. The molecule has 5 heteroatoms. The Bertz CT molecular complexity index is 419. The van der Waals surface area contributed by atoms with Crippen molar-refractivity contribution in [2.24, 2.45) is 0 Å². The number of nitrogens with zero attached hydrogens (tertiary/aromatic N) is 4. The monoisotopic (exact) mass is 234 g/mol. The van der Waals surface area contributed by atoms with E-state index in [1.54, 1.807) is 13.1 Å². The van der Waals surface area contributed by atoms with Crippen LogP contribution in [0.5, 0.6) is 0 Å². The summed E-state index contributed by atoms with van der Waals surface area (Å²) in [6.45, 7) is 2.45. The van der Waals surface area contributed by atoms with Crippen molar-refractivity contribution in [3.05, 3.63) is 18.0 Å². The minimum absolute atomic E-state index is 0.120. The van der Waals surface area contributed by atoms with Gasteiger partial charge in [-0.3, -0.25) is 4.79 Å². The molecule has 0 unspecified atom stereocenters. The third kappa shape index (κ3) is 2.38. The fourth-order valence-corrected chi connectivity index (χ4v) is 2.21. The normalized spacial score (nSPS) is 19.5. The van der Waals surface area contributed by atoms with Crippen LogP contribution in [0.25, 0.3) is 0 Å². The van der Waals surface area contributed by atoms with E-state index in [0.717, 1.165) is 25.1 Å². The number of anilines is 1. The van der Waals surface area contributed by atoms with Crippen molar-refractivity contribution in [3.8, 4) is 0 Å². The van der Waals surface area contributed by atoms with E-state index in [2.05, 4.69) is 9.97 Å². The van der Waals surface area contributed by atoms with E-state index in [1.165, 1.54) is 0 Å². The van der Waals surface area contributed by atoms with Crippen molar-refractivity contribution in [3.63, 3.8) is 0 Å². The third-order valence-corrected chi connectivity index (χ3v) is 3.06. The van der Waals surface area contributed by atoms with E-state index in [0.29, 0.717) is 5.95 Å². The summed E-state index contributed by atoms with van der Waals surface area (Å²) in [7, 11) is 3.83. The molecule has 92 valence electrons. The van der Waals surface area contributed by atoms with E-state index in [4.69, 9.17) is 0 Å². The van der Waals surface area contributed by atoms with Crippen LogP contribution in [0.15, 0.2) is 12.3 Å². The molecular weight excluding hydrogens is 216 g/mol. The maximum atomic E-state index is 11.5. The van der Waals surface area contributed by atoms with Crippen LogP contribution in [0.1, 0.15) is 31.5 Å². The molecule has 0 bridgehead atoms. The first-order valence-electron chi connectivity index (χ1n) is 5.87. The summed E-state index contributed by atoms with van der Waals surface area (Å²) in [5.74, 6) is 0.815. The smallest absolute Gasteiger partial charge is 0.225 e. The first-order valence-corrected chi connectivity index (χ1v) is 5.87. The zero-order valence-electron chi connectivity index (χ0n) is 10.6. The summed E-state index contributed by atoms with van der Waals surface area (Å²) in [5, 5.41) is 0. The maximum Gasteiger partial charge on any atom is 0.225 e. The minimum atomic E-state index is 0.120. The molecule has 1 amide bonds. The standard InChI is InChI=1S/C12H18N4O/c1-9(17)16-8-4-5-11(16)10-6-7-13-12(14-10)15(2)3/h6-7,11H,4-5,8H2,1-3H3/t11-/m1/s1. The average Bonchev–Trinajstić information content (AvgIpc) is 2.78. The van der Waals surface area contributed by atoms with Gasteiger partial charge in [-0.1, -0.05) is 0 Å². The summed E-state index contributed by atoms with van der Waals surface area (Å²) in [5.41, 5.74) is 0.941. The molecule has 0 spiro atoms. The number of carbonyl (C=O) groups excluding carboxylic acids is 1. The zero-order valence-corrected chi connectivity index (χ0v) is 10.6. The Morgan fingerprint density at radius 2 is 2.29 bits per heavy atom. The highest BCUT2D eigenvalue weighted by Crippen LogP contribution is 2.30. The van der Waals surface area contributed by atoms with Crippen LogP contribution in [0, 0.1) is 0 Å². The highest BCUT2D eigenvalue weighted by atomic mass is 16.2. The van der Waals surface area contributed by atoms with Gasteiger partial charge in [-0.2, -0.15) is 0 Å². The molecule has 17 heavy (non-hydrogen) atoms. The predicted molar refractivity (Wildman–Crippen MR) is 65.7 cm³/mol. The van der Waals surface area contributed by atoms with Crippen molar-refractivity contribution < 1.29 is 4.79 Å².